The zero-order valence-electron chi connectivity index (χ0n) is 19.6. The van der Waals surface area contributed by atoms with Crippen LogP contribution in [0.3, 0.4) is 0 Å². The molecule has 0 nitrogen and oxygen atoms in total. The molecule has 2 atom stereocenters. The van der Waals surface area contributed by atoms with Crippen LogP contribution in [0.15, 0.2) is 0 Å². The highest BCUT2D eigenvalue weighted by Gasteiger charge is 2.38. The van der Waals surface area contributed by atoms with Gasteiger partial charge >= 0.3 is 0 Å². The second-order valence-corrected chi connectivity index (χ2v) is 10.1. The second-order valence-electron chi connectivity index (χ2n) is 10.1. The summed E-state index contributed by atoms with van der Waals surface area (Å²) >= 11 is 0. The van der Waals surface area contributed by atoms with Crippen molar-refractivity contribution in [3.63, 3.8) is 0 Å². The van der Waals surface area contributed by atoms with Crippen LogP contribution in [0.4, 0.5) is 0 Å². The standard InChI is InChI=1S/C16H24.C10H20/c1-8-9(2)12(5)16-14(7)10(3)13(6)15(16)11(8)4;1-6-7(2)9(4)10(5)8(6)3/h10,13-14H,1-7H3;6-10H,1-5H3. The highest BCUT2D eigenvalue weighted by atomic mass is 14.4. The van der Waals surface area contributed by atoms with Gasteiger partial charge in [0.1, 0.15) is 0 Å². The van der Waals surface area contributed by atoms with Crippen LogP contribution in [0.2, 0.25) is 0 Å². The fourth-order valence-corrected chi connectivity index (χ4v) is 5.90. The molecule has 0 N–H and O–H groups in total. The smallest absolute Gasteiger partial charge is 0.0153 e. The van der Waals surface area contributed by atoms with Crippen LogP contribution in [0, 0.1) is 63.2 Å². The first-order valence-corrected chi connectivity index (χ1v) is 11.0. The van der Waals surface area contributed by atoms with Gasteiger partial charge in [0.05, 0.1) is 0 Å². The van der Waals surface area contributed by atoms with E-state index in [1.165, 1.54) is 11.1 Å². The summed E-state index contributed by atoms with van der Waals surface area (Å²) < 4.78 is 0. The van der Waals surface area contributed by atoms with E-state index in [4.69, 9.17) is 0 Å². The largest absolute Gasteiger partial charge is 0.0620 e. The third-order valence-electron chi connectivity index (χ3n) is 9.42. The van der Waals surface area contributed by atoms with Gasteiger partial charge < -0.3 is 0 Å². The third-order valence-corrected chi connectivity index (χ3v) is 9.42. The van der Waals surface area contributed by atoms with Crippen molar-refractivity contribution in [1.29, 1.82) is 0 Å². The Hall–Kier alpha value is -0.780. The zero-order valence-corrected chi connectivity index (χ0v) is 19.6. The SMILES string of the molecule is CC1C(C)C(C)C(C)C1C.Cc1c(C)c(C)c2c(c1C)C(C)C(C)C2C. The Labute approximate surface area is 164 Å². The third kappa shape index (κ3) is 3.27. The Balaban J connectivity index is 0.000000209. The first-order chi connectivity index (χ1) is 11.9. The van der Waals surface area contributed by atoms with Crippen molar-refractivity contribution in [1.82, 2.24) is 0 Å². The van der Waals surface area contributed by atoms with Gasteiger partial charge in [-0.15, -0.1) is 0 Å². The molecule has 0 spiro atoms. The minimum Gasteiger partial charge on any atom is -0.0620 e. The first kappa shape index (κ1) is 21.5. The van der Waals surface area contributed by atoms with Crippen molar-refractivity contribution < 1.29 is 0 Å². The predicted octanol–water partition coefficient (Wildman–Crippen LogP) is 7.96. The van der Waals surface area contributed by atoms with Gasteiger partial charge in [-0.1, -0.05) is 55.4 Å². The van der Waals surface area contributed by atoms with Crippen LogP contribution in [0.25, 0.3) is 0 Å². The van der Waals surface area contributed by atoms with Gasteiger partial charge in [-0.2, -0.15) is 0 Å². The Bertz CT molecular complexity index is 567. The summed E-state index contributed by atoms with van der Waals surface area (Å²) in [5, 5.41) is 0. The highest BCUT2D eigenvalue weighted by Crippen LogP contribution is 2.50. The summed E-state index contributed by atoms with van der Waals surface area (Å²) in [5.74, 6) is 6.91. The van der Waals surface area contributed by atoms with Gasteiger partial charge in [-0.3, -0.25) is 0 Å². The fourth-order valence-electron chi connectivity index (χ4n) is 5.90. The maximum atomic E-state index is 2.40. The summed E-state index contributed by atoms with van der Waals surface area (Å²) in [6.07, 6.45) is 0. The van der Waals surface area contributed by atoms with Crippen LogP contribution in [-0.2, 0) is 0 Å². The first-order valence-electron chi connectivity index (χ1n) is 11.0. The van der Waals surface area contributed by atoms with Crippen molar-refractivity contribution >= 4 is 0 Å². The lowest BCUT2D eigenvalue weighted by Crippen LogP contribution is -2.07. The van der Waals surface area contributed by atoms with Crippen molar-refractivity contribution in [3.05, 3.63) is 33.4 Å². The number of hydrogen-bond acceptors (Lipinski definition) is 0. The van der Waals surface area contributed by atoms with E-state index in [-0.39, 0.29) is 0 Å². The average Bonchev–Trinajstić information content (AvgIpc) is 2.94. The van der Waals surface area contributed by atoms with Gasteiger partial charge in [-0.25, -0.2) is 0 Å². The van der Waals surface area contributed by atoms with Crippen molar-refractivity contribution in [2.24, 2.45) is 35.5 Å². The summed E-state index contributed by atoms with van der Waals surface area (Å²) in [5.41, 5.74) is 9.40. The molecule has 1 aromatic carbocycles. The Morgan fingerprint density at radius 1 is 0.346 bits per heavy atom. The van der Waals surface area contributed by atoms with Gasteiger partial charge in [0.25, 0.3) is 0 Å². The molecule has 3 rings (SSSR count). The molecular formula is C26H44. The molecule has 0 radical (unpaired) electrons. The normalized spacial score (nSPS) is 38.8. The molecular weight excluding hydrogens is 312 g/mol. The van der Waals surface area contributed by atoms with E-state index in [1.54, 1.807) is 22.3 Å². The van der Waals surface area contributed by atoms with E-state index in [1.807, 2.05) is 0 Å². The van der Waals surface area contributed by atoms with E-state index in [0.717, 1.165) is 47.3 Å². The fraction of sp³-hybridized carbons (Fsp3) is 0.769. The molecule has 2 aliphatic rings. The molecule has 0 aromatic heterocycles. The molecule has 148 valence electrons. The van der Waals surface area contributed by atoms with Crippen molar-refractivity contribution in [3.8, 4) is 0 Å². The number of fused-ring (bicyclic) bond motifs is 1. The molecule has 0 aliphatic heterocycles. The highest BCUT2D eigenvalue weighted by molar-refractivity contribution is 5.55. The second kappa shape index (κ2) is 7.69. The van der Waals surface area contributed by atoms with Crippen LogP contribution >= 0.6 is 0 Å². The maximum Gasteiger partial charge on any atom is -0.0153 e. The van der Waals surface area contributed by atoms with Gasteiger partial charge in [0.2, 0.25) is 0 Å². The number of hydrogen-bond donors (Lipinski definition) is 0. The molecule has 2 unspecified atom stereocenters. The zero-order chi connectivity index (χ0) is 20.1. The van der Waals surface area contributed by atoms with Crippen LogP contribution in [0.5, 0.6) is 0 Å². The van der Waals surface area contributed by atoms with E-state index in [0.29, 0.717) is 0 Å². The van der Waals surface area contributed by atoms with Gasteiger partial charge in [-0.05, 0) is 108 Å². The Kier molecular flexibility index (Phi) is 6.36. The topological polar surface area (TPSA) is 0 Å². The Morgan fingerprint density at radius 2 is 0.577 bits per heavy atom. The van der Waals surface area contributed by atoms with Crippen LogP contribution < -0.4 is 0 Å². The lowest BCUT2D eigenvalue weighted by molar-refractivity contribution is 0.352. The van der Waals surface area contributed by atoms with E-state index in [9.17, 15) is 0 Å². The van der Waals surface area contributed by atoms with Gasteiger partial charge in [0.15, 0.2) is 0 Å². The van der Waals surface area contributed by atoms with Crippen LogP contribution in [-0.4, -0.2) is 0 Å². The summed E-state index contributed by atoms with van der Waals surface area (Å²) in [6.45, 7) is 28.4. The minimum atomic E-state index is 0.725. The van der Waals surface area contributed by atoms with Crippen molar-refractivity contribution in [2.75, 3.05) is 0 Å². The molecule has 0 heterocycles. The summed E-state index contributed by atoms with van der Waals surface area (Å²) in [4.78, 5) is 0. The maximum absolute atomic E-state index is 2.40. The predicted molar refractivity (Wildman–Crippen MR) is 117 cm³/mol. The van der Waals surface area contributed by atoms with Gasteiger partial charge in [0, 0.05) is 0 Å². The molecule has 1 fully saturated rings. The molecule has 2 aliphatic carbocycles. The molecule has 0 heteroatoms. The number of rotatable bonds is 0. The molecule has 1 aromatic rings. The lowest BCUT2D eigenvalue weighted by Gasteiger charge is -2.18. The summed E-state index contributed by atoms with van der Waals surface area (Å²) in [6, 6.07) is 0. The Morgan fingerprint density at radius 3 is 0.808 bits per heavy atom. The molecule has 0 amide bonds. The molecule has 0 bridgehead atoms. The van der Waals surface area contributed by atoms with Crippen LogP contribution in [0.1, 0.15) is 101 Å². The molecule has 0 saturated heterocycles. The van der Waals surface area contributed by atoms with E-state index >= 15 is 0 Å². The van der Waals surface area contributed by atoms with E-state index < -0.39 is 0 Å². The van der Waals surface area contributed by atoms with Crippen molar-refractivity contribution in [2.45, 2.75) is 94.9 Å². The summed E-state index contributed by atoms with van der Waals surface area (Å²) in [7, 11) is 0. The number of benzene rings is 1. The lowest BCUT2D eigenvalue weighted by atomic mass is 9.87. The minimum absolute atomic E-state index is 0.725. The van der Waals surface area contributed by atoms with E-state index in [2.05, 4.69) is 83.1 Å². The average molecular weight is 357 g/mol. The monoisotopic (exact) mass is 356 g/mol. The molecule has 1 saturated carbocycles. The quantitative estimate of drug-likeness (QED) is 0.442. The molecule has 26 heavy (non-hydrogen) atoms.